The van der Waals surface area contributed by atoms with E-state index in [2.05, 4.69) is 27.0 Å². The maximum Gasteiger partial charge on any atom is 0.226 e. The summed E-state index contributed by atoms with van der Waals surface area (Å²) >= 11 is 0. The van der Waals surface area contributed by atoms with Gasteiger partial charge in [0.1, 0.15) is 12.0 Å². The third-order valence-corrected chi connectivity index (χ3v) is 5.60. The van der Waals surface area contributed by atoms with Crippen molar-refractivity contribution in [1.29, 1.82) is 0 Å². The number of oxazole rings is 1. The first-order valence-electron chi connectivity index (χ1n) is 10.6. The summed E-state index contributed by atoms with van der Waals surface area (Å²) in [6.45, 7) is 9.50. The van der Waals surface area contributed by atoms with E-state index in [1.165, 1.54) is 38.9 Å². The van der Waals surface area contributed by atoms with Crippen molar-refractivity contribution in [1.82, 2.24) is 20.1 Å². The predicted octanol–water partition coefficient (Wildman–Crippen LogP) is 3.22. The molecule has 3 heterocycles. The van der Waals surface area contributed by atoms with Gasteiger partial charge in [0.05, 0.1) is 6.54 Å². The van der Waals surface area contributed by atoms with Gasteiger partial charge in [0.25, 0.3) is 0 Å². The summed E-state index contributed by atoms with van der Waals surface area (Å²) < 4.78 is 5.64. The molecule has 2 aliphatic heterocycles. The molecule has 6 nitrogen and oxygen atoms in total. The molecule has 2 fully saturated rings. The highest BCUT2D eigenvalue weighted by Crippen LogP contribution is 2.21. The van der Waals surface area contributed by atoms with E-state index in [9.17, 15) is 0 Å². The SMILES string of the molecule is CCNC(=NCc1coc(-c2ccccc2)n1)N1CCC(CN2CCCC2)C1. The number of aromatic nitrogens is 1. The van der Waals surface area contributed by atoms with Crippen molar-refractivity contribution < 1.29 is 4.42 Å². The van der Waals surface area contributed by atoms with Crippen LogP contribution in [0.2, 0.25) is 0 Å². The van der Waals surface area contributed by atoms with Gasteiger partial charge in [-0.05, 0) is 57.3 Å². The topological polar surface area (TPSA) is 56.9 Å². The van der Waals surface area contributed by atoms with E-state index >= 15 is 0 Å². The van der Waals surface area contributed by atoms with Gasteiger partial charge in [0.2, 0.25) is 5.89 Å². The molecule has 2 saturated heterocycles. The molecule has 2 aliphatic rings. The van der Waals surface area contributed by atoms with Crippen LogP contribution in [0, 0.1) is 5.92 Å². The molecule has 0 aliphatic carbocycles. The Morgan fingerprint density at radius 2 is 2.04 bits per heavy atom. The third kappa shape index (κ3) is 4.73. The van der Waals surface area contributed by atoms with Crippen molar-refractivity contribution in [3.63, 3.8) is 0 Å². The highest BCUT2D eigenvalue weighted by atomic mass is 16.3. The van der Waals surface area contributed by atoms with Gasteiger partial charge in [-0.25, -0.2) is 9.98 Å². The number of hydrogen-bond donors (Lipinski definition) is 1. The average molecular weight is 382 g/mol. The van der Waals surface area contributed by atoms with Gasteiger partial charge >= 0.3 is 0 Å². The summed E-state index contributed by atoms with van der Waals surface area (Å²) in [4.78, 5) is 14.5. The number of nitrogens with zero attached hydrogens (tertiary/aromatic N) is 4. The first kappa shape index (κ1) is 19.0. The molecule has 1 unspecified atom stereocenters. The number of aliphatic imine (C=N–C) groups is 1. The second-order valence-electron chi connectivity index (χ2n) is 7.79. The molecular weight excluding hydrogens is 350 g/mol. The van der Waals surface area contributed by atoms with E-state index in [1.807, 2.05) is 30.3 Å². The van der Waals surface area contributed by atoms with E-state index in [1.54, 1.807) is 6.26 Å². The van der Waals surface area contributed by atoms with Crippen LogP contribution >= 0.6 is 0 Å². The molecular formula is C22H31N5O. The maximum atomic E-state index is 5.64. The number of benzene rings is 1. The normalized spacial score (nSPS) is 20.8. The lowest BCUT2D eigenvalue weighted by atomic mass is 10.1. The lowest BCUT2D eigenvalue weighted by Gasteiger charge is -2.23. The van der Waals surface area contributed by atoms with Crippen LogP contribution in [0.5, 0.6) is 0 Å². The van der Waals surface area contributed by atoms with Crippen molar-refractivity contribution in [3.8, 4) is 11.5 Å². The lowest BCUT2D eigenvalue weighted by Crippen LogP contribution is -2.40. The Balaban J connectivity index is 1.36. The molecule has 0 amide bonds. The second kappa shape index (κ2) is 9.24. The van der Waals surface area contributed by atoms with Crippen LogP contribution in [0.25, 0.3) is 11.5 Å². The Morgan fingerprint density at radius 3 is 2.82 bits per heavy atom. The van der Waals surface area contributed by atoms with Gasteiger partial charge in [-0.1, -0.05) is 18.2 Å². The van der Waals surface area contributed by atoms with Gasteiger partial charge in [-0.2, -0.15) is 0 Å². The van der Waals surface area contributed by atoms with Crippen LogP contribution in [-0.2, 0) is 6.54 Å². The quantitative estimate of drug-likeness (QED) is 0.615. The van der Waals surface area contributed by atoms with Crippen LogP contribution < -0.4 is 5.32 Å². The zero-order chi connectivity index (χ0) is 19.2. The van der Waals surface area contributed by atoms with Crippen LogP contribution in [-0.4, -0.2) is 60.0 Å². The van der Waals surface area contributed by atoms with Crippen LogP contribution in [0.4, 0.5) is 0 Å². The van der Waals surface area contributed by atoms with Crippen molar-refractivity contribution in [2.75, 3.05) is 39.3 Å². The second-order valence-corrected chi connectivity index (χ2v) is 7.79. The summed E-state index contributed by atoms with van der Waals surface area (Å²) in [5.74, 6) is 2.40. The Hall–Kier alpha value is -2.34. The molecule has 1 aromatic heterocycles. The van der Waals surface area contributed by atoms with Gasteiger partial charge in [-0.15, -0.1) is 0 Å². The Labute approximate surface area is 167 Å². The van der Waals surface area contributed by atoms with E-state index in [0.717, 1.165) is 42.8 Å². The van der Waals surface area contributed by atoms with E-state index in [-0.39, 0.29) is 0 Å². The summed E-state index contributed by atoms with van der Waals surface area (Å²) in [6, 6.07) is 9.99. The molecule has 28 heavy (non-hydrogen) atoms. The minimum absolute atomic E-state index is 0.534. The molecule has 2 aromatic rings. The molecule has 1 atom stereocenters. The van der Waals surface area contributed by atoms with Crippen molar-refractivity contribution >= 4 is 5.96 Å². The minimum Gasteiger partial charge on any atom is -0.444 e. The molecule has 0 bridgehead atoms. The zero-order valence-electron chi connectivity index (χ0n) is 16.8. The summed E-state index contributed by atoms with van der Waals surface area (Å²) in [5, 5.41) is 3.45. The fourth-order valence-electron chi connectivity index (χ4n) is 4.18. The highest BCUT2D eigenvalue weighted by molar-refractivity contribution is 5.80. The molecule has 4 rings (SSSR count). The third-order valence-electron chi connectivity index (χ3n) is 5.60. The molecule has 0 radical (unpaired) electrons. The zero-order valence-corrected chi connectivity index (χ0v) is 16.8. The number of nitrogens with one attached hydrogen (secondary N) is 1. The first-order chi connectivity index (χ1) is 13.8. The number of rotatable bonds is 6. The Kier molecular flexibility index (Phi) is 6.27. The van der Waals surface area contributed by atoms with Crippen LogP contribution in [0.15, 0.2) is 46.0 Å². The number of guanidine groups is 1. The van der Waals surface area contributed by atoms with Crippen molar-refractivity contribution in [2.45, 2.75) is 32.7 Å². The molecule has 1 aromatic carbocycles. The predicted molar refractivity (Wildman–Crippen MR) is 112 cm³/mol. The highest BCUT2D eigenvalue weighted by Gasteiger charge is 2.27. The molecule has 0 spiro atoms. The standard InChI is InChI=1S/C22H31N5O/c1-2-23-22(27-13-10-18(16-27)15-26-11-6-7-12-26)24-14-20-17-28-21(25-20)19-8-4-3-5-9-19/h3-5,8-9,17-18H,2,6-7,10-16H2,1H3,(H,23,24). The number of likely N-dealkylation sites (tertiary alicyclic amines) is 2. The van der Waals surface area contributed by atoms with Crippen molar-refractivity contribution in [3.05, 3.63) is 42.3 Å². The fourth-order valence-corrected chi connectivity index (χ4v) is 4.18. The Morgan fingerprint density at radius 1 is 1.21 bits per heavy atom. The number of hydrogen-bond acceptors (Lipinski definition) is 4. The monoisotopic (exact) mass is 381 g/mol. The van der Waals surface area contributed by atoms with Gasteiger partial charge in [-0.3, -0.25) is 0 Å². The minimum atomic E-state index is 0.534. The summed E-state index contributed by atoms with van der Waals surface area (Å²) in [6.07, 6.45) is 5.70. The lowest BCUT2D eigenvalue weighted by molar-refractivity contribution is 0.281. The average Bonchev–Trinajstić information content (AvgIpc) is 3.48. The van der Waals surface area contributed by atoms with E-state index in [0.29, 0.717) is 12.4 Å². The van der Waals surface area contributed by atoms with Crippen molar-refractivity contribution in [2.24, 2.45) is 10.9 Å². The summed E-state index contributed by atoms with van der Waals surface area (Å²) in [5.41, 5.74) is 1.86. The Bertz CT molecular complexity index is 766. The van der Waals surface area contributed by atoms with Gasteiger partial charge in [0.15, 0.2) is 5.96 Å². The first-order valence-corrected chi connectivity index (χ1v) is 10.6. The molecule has 150 valence electrons. The smallest absolute Gasteiger partial charge is 0.226 e. The van der Waals surface area contributed by atoms with Gasteiger partial charge < -0.3 is 19.5 Å². The molecule has 0 saturated carbocycles. The largest absolute Gasteiger partial charge is 0.444 e. The van der Waals surface area contributed by atoms with E-state index < -0.39 is 0 Å². The molecule has 6 heteroatoms. The van der Waals surface area contributed by atoms with E-state index in [4.69, 9.17) is 9.41 Å². The van der Waals surface area contributed by atoms with Crippen LogP contribution in [0.1, 0.15) is 31.9 Å². The summed E-state index contributed by atoms with van der Waals surface area (Å²) in [7, 11) is 0. The molecule has 1 N–H and O–H groups in total. The fraction of sp³-hybridized carbons (Fsp3) is 0.545. The van der Waals surface area contributed by atoms with Gasteiger partial charge in [0, 0.05) is 31.7 Å². The van der Waals surface area contributed by atoms with Crippen LogP contribution in [0.3, 0.4) is 0 Å². The maximum absolute atomic E-state index is 5.64.